The van der Waals surface area contributed by atoms with Crippen LogP contribution in [0.3, 0.4) is 0 Å². The highest BCUT2D eigenvalue weighted by Crippen LogP contribution is 2.46. The van der Waals surface area contributed by atoms with E-state index in [0.29, 0.717) is 41.1 Å². The first-order chi connectivity index (χ1) is 16.0. The average molecular weight is 462 g/mol. The van der Waals surface area contributed by atoms with Crippen molar-refractivity contribution >= 4 is 34.9 Å². The van der Waals surface area contributed by atoms with Crippen LogP contribution in [-0.4, -0.2) is 35.4 Å². The first kappa shape index (κ1) is 22.6. The monoisotopic (exact) mass is 461 g/mol. The molecule has 0 bridgehead atoms. The first-order valence-electron chi connectivity index (χ1n) is 10.6. The fourth-order valence-corrected chi connectivity index (χ4v) is 5.11. The SMILES string of the molecule is COc1cc([C@H]2C(C#N)=C(SCC(=O)Nc3ccccc3)N=C3CCCC(=O)[C@H]32)ccc1O. The largest absolute Gasteiger partial charge is 0.504 e. The van der Waals surface area contributed by atoms with E-state index in [9.17, 15) is 20.0 Å². The van der Waals surface area contributed by atoms with Crippen LogP contribution in [0.5, 0.6) is 11.5 Å². The Kier molecular flexibility index (Phi) is 6.80. The van der Waals surface area contributed by atoms with Gasteiger partial charge in [-0.1, -0.05) is 36.0 Å². The Morgan fingerprint density at radius 1 is 1.24 bits per heavy atom. The van der Waals surface area contributed by atoms with Gasteiger partial charge in [-0.25, -0.2) is 4.99 Å². The van der Waals surface area contributed by atoms with Gasteiger partial charge in [-0.2, -0.15) is 5.26 Å². The number of nitrogens with zero attached hydrogens (tertiary/aromatic N) is 2. The van der Waals surface area contributed by atoms with Crippen LogP contribution < -0.4 is 10.1 Å². The van der Waals surface area contributed by atoms with E-state index in [4.69, 9.17) is 4.74 Å². The minimum absolute atomic E-state index is 0.0180. The highest BCUT2D eigenvalue weighted by Gasteiger charge is 2.42. The molecule has 2 aromatic carbocycles. The van der Waals surface area contributed by atoms with Gasteiger partial charge >= 0.3 is 0 Å². The zero-order valence-electron chi connectivity index (χ0n) is 18.1. The molecule has 0 spiro atoms. The first-order valence-corrected chi connectivity index (χ1v) is 11.6. The molecule has 7 nitrogen and oxygen atoms in total. The van der Waals surface area contributed by atoms with E-state index in [-0.39, 0.29) is 28.9 Å². The predicted octanol–water partition coefficient (Wildman–Crippen LogP) is 4.42. The molecular weight excluding hydrogens is 438 g/mol. The molecular formula is C25H23N3O4S. The van der Waals surface area contributed by atoms with Gasteiger partial charge in [-0.05, 0) is 42.7 Å². The van der Waals surface area contributed by atoms with E-state index in [0.717, 1.165) is 5.71 Å². The summed E-state index contributed by atoms with van der Waals surface area (Å²) in [6.07, 6.45) is 1.82. The van der Waals surface area contributed by atoms with E-state index in [1.807, 2.05) is 18.2 Å². The van der Waals surface area contributed by atoms with Gasteiger partial charge < -0.3 is 15.2 Å². The summed E-state index contributed by atoms with van der Waals surface area (Å²) in [6, 6.07) is 16.3. The number of phenolic OH excluding ortho intramolecular Hbond substituents is 1. The zero-order chi connectivity index (χ0) is 23.4. The summed E-state index contributed by atoms with van der Waals surface area (Å²) in [4.78, 5) is 30.1. The second-order valence-electron chi connectivity index (χ2n) is 7.84. The third kappa shape index (κ3) is 4.78. The van der Waals surface area contributed by atoms with Crippen molar-refractivity contribution in [1.82, 2.24) is 0 Å². The molecule has 1 fully saturated rings. The number of ether oxygens (including phenoxy) is 1. The molecule has 2 aliphatic rings. The molecule has 8 heteroatoms. The Bertz CT molecular complexity index is 1180. The molecule has 1 aliphatic heterocycles. The number of ketones is 1. The van der Waals surface area contributed by atoms with Crippen LogP contribution in [0.25, 0.3) is 0 Å². The number of carbonyl (C=O) groups is 2. The fourth-order valence-electron chi connectivity index (χ4n) is 4.26. The Hall–Kier alpha value is -3.57. The Morgan fingerprint density at radius 2 is 2.03 bits per heavy atom. The summed E-state index contributed by atoms with van der Waals surface area (Å²) in [7, 11) is 1.45. The molecule has 0 radical (unpaired) electrons. The quantitative estimate of drug-likeness (QED) is 0.659. The molecule has 2 aromatic rings. The van der Waals surface area contributed by atoms with Crippen LogP contribution >= 0.6 is 11.8 Å². The summed E-state index contributed by atoms with van der Waals surface area (Å²) >= 11 is 1.19. The van der Waals surface area contributed by atoms with Crippen molar-refractivity contribution < 1.29 is 19.4 Å². The summed E-state index contributed by atoms with van der Waals surface area (Å²) < 4.78 is 5.25. The second kappa shape index (κ2) is 9.92. The van der Waals surface area contributed by atoms with Crippen LogP contribution in [-0.2, 0) is 9.59 Å². The molecule has 0 saturated heterocycles. The number of nitriles is 1. The van der Waals surface area contributed by atoms with E-state index >= 15 is 0 Å². The number of allylic oxidation sites excluding steroid dienone is 1. The number of nitrogens with one attached hydrogen (secondary N) is 1. The lowest BCUT2D eigenvalue weighted by molar-refractivity contribution is -0.122. The van der Waals surface area contributed by atoms with Crippen molar-refractivity contribution in [3.8, 4) is 17.6 Å². The minimum atomic E-state index is -0.538. The van der Waals surface area contributed by atoms with Gasteiger partial charge in [0.1, 0.15) is 10.8 Å². The highest BCUT2D eigenvalue weighted by molar-refractivity contribution is 8.03. The molecule has 0 unspecified atom stereocenters. The summed E-state index contributed by atoms with van der Waals surface area (Å²) in [5.74, 6) is -0.883. The number of rotatable bonds is 6. The molecule has 1 heterocycles. The zero-order valence-corrected chi connectivity index (χ0v) is 18.9. The van der Waals surface area contributed by atoms with Crippen molar-refractivity contribution in [3.05, 3.63) is 64.7 Å². The van der Waals surface area contributed by atoms with Crippen LogP contribution in [0.1, 0.15) is 30.7 Å². The van der Waals surface area contributed by atoms with Crippen molar-refractivity contribution in [1.29, 1.82) is 5.26 Å². The maximum absolute atomic E-state index is 12.9. The van der Waals surface area contributed by atoms with Gasteiger partial charge in [0.2, 0.25) is 5.91 Å². The molecule has 1 saturated carbocycles. The van der Waals surface area contributed by atoms with Crippen molar-refractivity contribution in [2.45, 2.75) is 25.2 Å². The molecule has 33 heavy (non-hydrogen) atoms. The Balaban J connectivity index is 1.66. The van der Waals surface area contributed by atoms with Crippen molar-refractivity contribution in [2.24, 2.45) is 10.9 Å². The smallest absolute Gasteiger partial charge is 0.234 e. The fraction of sp³-hybridized carbons (Fsp3) is 0.280. The van der Waals surface area contributed by atoms with Gasteiger partial charge in [0, 0.05) is 23.7 Å². The van der Waals surface area contributed by atoms with Gasteiger partial charge in [0.25, 0.3) is 0 Å². The molecule has 1 aliphatic carbocycles. The van der Waals surface area contributed by atoms with Crippen molar-refractivity contribution in [3.63, 3.8) is 0 Å². The lowest BCUT2D eigenvalue weighted by atomic mass is 9.70. The number of methoxy groups -OCH3 is 1. The molecule has 2 N–H and O–H groups in total. The minimum Gasteiger partial charge on any atom is -0.504 e. The molecule has 168 valence electrons. The van der Waals surface area contributed by atoms with Gasteiger partial charge in [-0.3, -0.25) is 9.59 Å². The summed E-state index contributed by atoms with van der Waals surface area (Å²) in [5.41, 5.74) is 2.48. The number of hydrogen-bond donors (Lipinski definition) is 2. The number of fused-ring (bicyclic) bond motifs is 1. The molecule has 4 rings (SSSR count). The van der Waals surface area contributed by atoms with Crippen LogP contribution in [0, 0.1) is 17.2 Å². The van der Waals surface area contributed by atoms with Gasteiger partial charge in [-0.15, -0.1) is 0 Å². The van der Waals surface area contributed by atoms with Crippen LogP contribution in [0.15, 0.2) is 64.1 Å². The predicted molar refractivity (Wildman–Crippen MR) is 127 cm³/mol. The number of thioether (sulfide) groups is 1. The lowest BCUT2D eigenvalue weighted by Crippen LogP contribution is -2.37. The maximum Gasteiger partial charge on any atom is 0.234 e. The van der Waals surface area contributed by atoms with Crippen LogP contribution in [0.4, 0.5) is 5.69 Å². The second-order valence-corrected chi connectivity index (χ2v) is 8.81. The number of carbonyl (C=O) groups excluding carboxylic acids is 2. The summed E-state index contributed by atoms with van der Waals surface area (Å²) in [5, 5.41) is 23.4. The number of amides is 1. The van der Waals surface area contributed by atoms with Crippen molar-refractivity contribution in [2.75, 3.05) is 18.2 Å². The van der Waals surface area contributed by atoms with E-state index in [2.05, 4.69) is 16.4 Å². The topological polar surface area (TPSA) is 112 Å². The number of para-hydroxylation sites is 1. The third-order valence-electron chi connectivity index (χ3n) is 5.76. The number of aliphatic imine (C=N–C) groups is 1. The van der Waals surface area contributed by atoms with Crippen LogP contribution in [0.2, 0.25) is 0 Å². The van der Waals surface area contributed by atoms with Gasteiger partial charge in [0.05, 0.1) is 30.4 Å². The van der Waals surface area contributed by atoms with Gasteiger partial charge in [0.15, 0.2) is 11.5 Å². The summed E-state index contributed by atoms with van der Waals surface area (Å²) in [6.45, 7) is 0. The number of aromatic hydroxyl groups is 1. The third-order valence-corrected chi connectivity index (χ3v) is 6.75. The lowest BCUT2D eigenvalue weighted by Gasteiger charge is -2.34. The molecule has 2 atom stereocenters. The normalized spacial score (nSPS) is 19.9. The number of hydrogen-bond acceptors (Lipinski definition) is 7. The number of benzene rings is 2. The number of phenols is 1. The number of Topliss-reactive ketones (excluding diaryl/α,β-unsaturated/α-hetero) is 1. The molecule has 0 aromatic heterocycles. The number of anilines is 1. The van der Waals surface area contributed by atoms with E-state index < -0.39 is 11.8 Å². The maximum atomic E-state index is 12.9. The van der Waals surface area contributed by atoms with E-state index in [1.165, 1.54) is 24.9 Å². The Morgan fingerprint density at radius 3 is 2.76 bits per heavy atom. The molecule has 1 amide bonds. The van der Waals surface area contributed by atoms with E-state index in [1.54, 1.807) is 24.3 Å². The average Bonchev–Trinajstić information content (AvgIpc) is 2.83. The highest BCUT2D eigenvalue weighted by atomic mass is 32.2. The Labute approximate surface area is 196 Å². The standard InChI is InChI=1S/C25H23N3O4S/c1-32-21-12-15(10-11-19(21)29)23-17(13-26)25(28-18-8-5-9-20(30)24(18)23)33-14-22(31)27-16-6-3-2-4-7-16/h2-4,6-7,10-12,23-24,29H,5,8-9,14H2,1H3,(H,27,31)/t23-,24-/m0/s1.